The smallest absolute Gasteiger partial charge is 0.169 e. The van der Waals surface area contributed by atoms with Gasteiger partial charge < -0.3 is 19.0 Å². The number of nitrogens with one attached hydrogen (secondary N) is 1. The first kappa shape index (κ1) is 10.8. The van der Waals surface area contributed by atoms with E-state index in [1.807, 2.05) is 25.1 Å². The van der Waals surface area contributed by atoms with Gasteiger partial charge in [0.05, 0.1) is 6.54 Å². The lowest BCUT2D eigenvalue weighted by Crippen LogP contribution is -1.97. The van der Waals surface area contributed by atoms with Gasteiger partial charge in [0.25, 0.3) is 0 Å². The number of ether oxygens (including phenoxy) is 1. The first-order valence-corrected chi connectivity index (χ1v) is 5.01. The number of hydrogen-bond donors (Lipinski definition) is 1. The number of aromatic nitrogens is 1. The monoisotopic (exact) mass is 222 g/mol. The molecule has 2 aromatic heterocycles. The van der Waals surface area contributed by atoms with Gasteiger partial charge >= 0.3 is 0 Å². The molecular formula is C11H14N2O3. The van der Waals surface area contributed by atoms with Gasteiger partial charge in [0.2, 0.25) is 0 Å². The van der Waals surface area contributed by atoms with Gasteiger partial charge in [-0.25, -0.2) is 0 Å². The predicted molar refractivity (Wildman–Crippen MR) is 58.0 cm³/mol. The minimum Gasteiger partial charge on any atom is -0.462 e. The zero-order valence-electron chi connectivity index (χ0n) is 9.32. The highest BCUT2D eigenvalue weighted by Crippen LogP contribution is 2.12. The normalized spacial score (nSPS) is 10.6. The van der Waals surface area contributed by atoms with Crippen LogP contribution in [0.25, 0.3) is 0 Å². The molecule has 0 amide bonds. The first-order chi connectivity index (χ1) is 7.78. The molecule has 86 valence electrons. The number of rotatable bonds is 5. The Morgan fingerprint density at radius 3 is 2.88 bits per heavy atom. The Labute approximate surface area is 93.4 Å². The average molecular weight is 222 g/mol. The Balaban J connectivity index is 1.89. The fraction of sp³-hybridized carbons (Fsp3) is 0.364. The molecule has 0 aromatic carbocycles. The lowest BCUT2D eigenvalue weighted by molar-refractivity contribution is 0.163. The average Bonchev–Trinajstić information content (AvgIpc) is 2.85. The van der Waals surface area contributed by atoms with Gasteiger partial charge in [-0.1, -0.05) is 5.16 Å². The number of nitrogens with zero attached hydrogens (tertiary/aromatic N) is 1. The van der Waals surface area contributed by atoms with Crippen molar-refractivity contribution in [1.82, 2.24) is 5.16 Å². The molecule has 2 heterocycles. The van der Waals surface area contributed by atoms with Gasteiger partial charge in [0.15, 0.2) is 5.82 Å². The van der Waals surface area contributed by atoms with Crippen LogP contribution in [-0.2, 0) is 17.9 Å². The van der Waals surface area contributed by atoms with Gasteiger partial charge in [-0.05, 0) is 19.1 Å². The molecule has 0 saturated carbocycles. The van der Waals surface area contributed by atoms with Gasteiger partial charge in [-0.2, -0.15) is 0 Å². The van der Waals surface area contributed by atoms with Crippen LogP contribution < -0.4 is 5.32 Å². The molecule has 5 heteroatoms. The summed E-state index contributed by atoms with van der Waals surface area (Å²) in [7, 11) is 1.64. The van der Waals surface area contributed by atoms with Crippen molar-refractivity contribution < 1.29 is 13.7 Å². The van der Waals surface area contributed by atoms with Crippen molar-refractivity contribution in [3.8, 4) is 0 Å². The third-order valence-electron chi connectivity index (χ3n) is 2.08. The summed E-state index contributed by atoms with van der Waals surface area (Å²) in [6, 6.07) is 5.64. The minimum absolute atomic E-state index is 0.489. The lowest BCUT2D eigenvalue weighted by Gasteiger charge is -1.98. The van der Waals surface area contributed by atoms with Crippen molar-refractivity contribution in [2.75, 3.05) is 12.4 Å². The van der Waals surface area contributed by atoms with E-state index in [1.165, 1.54) is 0 Å². The molecule has 0 saturated heterocycles. The maximum atomic E-state index is 5.51. The fourth-order valence-corrected chi connectivity index (χ4v) is 1.36. The van der Waals surface area contributed by atoms with Crippen LogP contribution in [0.1, 0.15) is 17.3 Å². The molecule has 0 aliphatic rings. The van der Waals surface area contributed by atoms with E-state index >= 15 is 0 Å². The molecule has 0 atom stereocenters. The lowest BCUT2D eigenvalue weighted by atomic mass is 10.4. The molecule has 0 fully saturated rings. The SMILES string of the molecule is COCc1ccc(CNc2cc(C)on2)o1. The van der Waals surface area contributed by atoms with Crippen molar-refractivity contribution in [1.29, 1.82) is 0 Å². The maximum Gasteiger partial charge on any atom is 0.169 e. The summed E-state index contributed by atoms with van der Waals surface area (Å²) in [6.45, 7) is 2.92. The summed E-state index contributed by atoms with van der Waals surface area (Å²) < 4.78 is 15.4. The fourth-order valence-electron chi connectivity index (χ4n) is 1.36. The van der Waals surface area contributed by atoms with Crippen LogP contribution in [0.5, 0.6) is 0 Å². The molecule has 0 bridgehead atoms. The van der Waals surface area contributed by atoms with E-state index in [0.29, 0.717) is 19.0 Å². The van der Waals surface area contributed by atoms with E-state index in [2.05, 4.69) is 10.5 Å². The number of methoxy groups -OCH3 is 1. The largest absolute Gasteiger partial charge is 0.462 e. The highest BCUT2D eigenvalue weighted by Gasteiger charge is 2.03. The van der Waals surface area contributed by atoms with Crippen molar-refractivity contribution >= 4 is 5.82 Å². The van der Waals surface area contributed by atoms with Crippen LogP contribution in [0, 0.1) is 6.92 Å². The summed E-state index contributed by atoms with van der Waals surface area (Å²) in [4.78, 5) is 0. The molecule has 5 nitrogen and oxygen atoms in total. The Morgan fingerprint density at radius 2 is 2.19 bits per heavy atom. The second-order valence-electron chi connectivity index (χ2n) is 3.48. The maximum absolute atomic E-state index is 5.51. The molecule has 2 aromatic rings. The van der Waals surface area contributed by atoms with Gasteiger partial charge in [0, 0.05) is 13.2 Å². The van der Waals surface area contributed by atoms with Crippen molar-refractivity contribution in [3.05, 3.63) is 35.5 Å². The molecule has 0 aliphatic heterocycles. The highest BCUT2D eigenvalue weighted by molar-refractivity contribution is 5.33. The molecule has 0 radical (unpaired) electrons. The number of anilines is 1. The molecular weight excluding hydrogens is 208 g/mol. The standard InChI is InChI=1S/C11H14N2O3/c1-8-5-11(13-16-8)12-6-9-3-4-10(15-9)7-14-2/h3-5H,6-7H2,1-2H3,(H,12,13). The van der Waals surface area contributed by atoms with Crippen LogP contribution in [0.2, 0.25) is 0 Å². The quantitative estimate of drug-likeness (QED) is 0.841. The van der Waals surface area contributed by atoms with Crippen molar-refractivity contribution in [2.24, 2.45) is 0 Å². The summed E-state index contributed by atoms with van der Waals surface area (Å²) in [6.07, 6.45) is 0. The summed E-state index contributed by atoms with van der Waals surface area (Å²) in [5.41, 5.74) is 0. The van der Waals surface area contributed by atoms with Crippen molar-refractivity contribution in [2.45, 2.75) is 20.1 Å². The summed E-state index contributed by atoms with van der Waals surface area (Å²) in [5.74, 6) is 3.15. The van der Waals surface area contributed by atoms with Crippen LogP contribution in [0.15, 0.2) is 27.1 Å². The molecule has 0 unspecified atom stereocenters. The minimum atomic E-state index is 0.489. The summed E-state index contributed by atoms with van der Waals surface area (Å²) >= 11 is 0. The second kappa shape index (κ2) is 4.85. The molecule has 2 rings (SSSR count). The second-order valence-corrected chi connectivity index (χ2v) is 3.48. The van der Waals surface area contributed by atoms with E-state index in [9.17, 15) is 0 Å². The molecule has 16 heavy (non-hydrogen) atoms. The number of aryl methyl sites for hydroxylation is 1. The van der Waals surface area contributed by atoms with E-state index < -0.39 is 0 Å². The Bertz CT molecular complexity index is 448. The van der Waals surface area contributed by atoms with Crippen LogP contribution >= 0.6 is 0 Å². The highest BCUT2D eigenvalue weighted by atomic mass is 16.5. The summed E-state index contributed by atoms with van der Waals surface area (Å²) in [5, 5.41) is 6.92. The van der Waals surface area contributed by atoms with Gasteiger partial charge in [-0.15, -0.1) is 0 Å². The first-order valence-electron chi connectivity index (χ1n) is 5.01. The number of hydrogen-bond acceptors (Lipinski definition) is 5. The van der Waals surface area contributed by atoms with Crippen LogP contribution in [0.4, 0.5) is 5.82 Å². The predicted octanol–water partition coefficient (Wildman–Crippen LogP) is 2.33. The Morgan fingerprint density at radius 1 is 1.38 bits per heavy atom. The molecule has 1 N–H and O–H groups in total. The van der Waals surface area contributed by atoms with Crippen LogP contribution in [0.3, 0.4) is 0 Å². The van der Waals surface area contributed by atoms with E-state index in [0.717, 1.165) is 17.3 Å². The van der Waals surface area contributed by atoms with Gasteiger partial charge in [0.1, 0.15) is 23.9 Å². The zero-order chi connectivity index (χ0) is 11.4. The van der Waals surface area contributed by atoms with Crippen LogP contribution in [-0.4, -0.2) is 12.3 Å². The van der Waals surface area contributed by atoms with Gasteiger partial charge in [-0.3, -0.25) is 0 Å². The Kier molecular flexibility index (Phi) is 3.26. The van der Waals surface area contributed by atoms with E-state index in [-0.39, 0.29) is 0 Å². The third-order valence-corrected chi connectivity index (χ3v) is 2.08. The molecule has 0 aliphatic carbocycles. The number of furan rings is 1. The Hall–Kier alpha value is -1.75. The van der Waals surface area contributed by atoms with E-state index in [1.54, 1.807) is 7.11 Å². The topological polar surface area (TPSA) is 60.4 Å². The van der Waals surface area contributed by atoms with Crippen molar-refractivity contribution in [3.63, 3.8) is 0 Å². The molecule has 0 spiro atoms. The van der Waals surface area contributed by atoms with E-state index in [4.69, 9.17) is 13.7 Å². The third kappa shape index (κ3) is 2.64. The zero-order valence-corrected chi connectivity index (χ0v) is 9.32.